The molecule has 24 heavy (non-hydrogen) atoms. The van der Waals surface area contributed by atoms with E-state index in [1.807, 2.05) is 31.2 Å². The molecule has 120 valence electrons. The van der Waals surface area contributed by atoms with Crippen molar-refractivity contribution >= 4 is 16.3 Å². The average molecular weight is 340 g/mol. The molecule has 4 aromatic rings. The van der Waals surface area contributed by atoms with Crippen molar-refractivity contribution in [1.82, 2.24) is 19.8 Å². The first-order valence-electron chi connectivity index (χ1n) is 7.46. The van der Waals surface area contributed by atoms with Gasteiger partial charge in [-0.25, -0.2) is 4.39 Å². The second-order valence-corrected chi connectivity index (χ2v) is 6.02. The lowest BCUT2D eigenvalue weighted by molar-refractivity contribution is 0.341. The molecular weight excluding hydrogens is 327 g/mol. The van der Waals surface area contributed by atoms with Gasteiger partial charge >= 0.3 is 0 Å². The highest BCUT2D eigenvalue weighted by atomic mass is 32.1. The maximum absolute atomic E-state index is 13.1. The summed E-state index contributed by atoms with van der Waals surface area (Å²) in [6, 6.07) is 13.9. The fourth-order valence-corrected chi connectivity index (χ4v) is 3.30. The quantitative estimate of drug-likeness (QED) is 0.562. The van der Waals surface area contributed by atoms with E-state index in [1.165, 1.54) is 23.5 Å². The van der Waals surface area contributed by atoms with Gasteiger partial charge in [0.05, 0.1) is 12.2 Å². The van der Waals surface area contributed by atoms with Gasteiger partial charge in [0.25, 0.3) is 0 Å². The summed E-state index contributed by atoms with van der Waals surface area (Å²) in [4.78, 5) is 0.677. The Hall–Kier alpha value is -2.80. The SMILES string of the molecule is CCOc1ccccc1-c1nn2c(-c3ccc(F)cc3)nnc2s1. The van der Waals surface area contributed by atoms with Crippen molar-refractivity contribution in [2.45, 2.75) is 6.92 Å². The van der Waals surface area contributed by atoms with Gasteiger partial charge in [-0.05, 0) is 43.3 Å². The summed E-state index contributed by atoms with van der Waals surface area (Å²) in [5, 5.41) is 13.7. The molecule has 0 saturated carbocycles. The van der Waals surface area contributed by atoms with Gasteiger partial charge in [0.15, 0.2) is 10.8 Å². The summed E-state index contributed by atoms with van der Waals surface area (Å²) >= 11 is 1.43. The summed E-state index contributed by atoms with van der Waals surface area (Å²) in [6.07, 6.45) is 0. The second-order valence-electron chi connectivity index (χ2n) is 5.06. The minimum absolute atomic E-state index is 0.288. The van der Waals surface area contributed by atoms with Crippen molar-refractivity contribution in [3.8, 4) is 27.7 Å². The third kappa shape index (κ3) is 2.52. The number of halogens is 1. The number of para-hydroxylation sites is 1. The predicted molar refractivity (Wildman–Crippen MR) is 90.7 cm³/mol. The van der Waals surface area contributed by atoms with E-state index in [0.717, 1.165) is 21.9 Å². The molecule has 0 spiro atoms. The highest BCUT2D eigenvalue weighted by Gasteiger charge is 2.16. The van der Waals surface area contributed by atoms with Gasteiger partial charge in [-0.1, -0.05) is 23.5 Å². The van der Waals surface area contributed by atoms with Crippen LogP contribution in [0.15, 0.2) is 48.5 Å². The molecule has 0 radical (unpaired) electrons. The third-order valence-electron chi connectivity index (χ3n) is 3.51. The predicted octanol–water partition coefficient (Wildman–Crippen LogP) is 4.06. The number of rotatable bonds is 4. The molecule has 4 rings (SSSR count). The van der Waals surface area contributed by atoms with Crippen LogP contribution in [0.5, 0.6) is 5.75 Å². The van der Waals surface area contributed by atoms with Gasteiger partial charge in [0.2, 0.25) is 4.96 Å². The molecule has 0 amide bonds. The zero-order valence-electron chi connectivity index (χ0n) is 12.8. The Bertz CT molecular complexity index is 993. The molecule has 5 nitrogen and oxygen atoms in total. The Morgan fingerprint density at radius 2 is 1.88 bits per heavy atom. The molecule has 0 bridgehead atoms. The van der Waals surface area contributed by atoms with E-state index in [0.29, 0.717) is 17.4 Å². The largest absolute Gasteiger partial charge is 0.493 e. The topological polar surface area (TPSA) is 52.3 Å². The Balaban J connectivity index is 1.82. The van der Waals surface area contributed by atoms with Gasteiger partial charge in [0, 0.05) is 5.56 Å². The van der Waals surface area contributed by atoms with Crippen LogP contribution in [0, 0.1) is 5.82 Å². The molecule has 2 heterocycles. The lowest BCUT2D eigenvalue weighted by Gasteiger charge is -2.06. The summed E-state index contributed by atoms with van der Waals surface area (Å²) < 4.78 is 20.5. The van der Waals surface area contributed by atoms with Crippen LogP contribution in [0.4, 0.5) is 4.39 Å². The Morgan fingerprint density at radius 1 is 1.08 bits per heavy atom. The molecule has 0 aliphatic heterocycles. The lowest BCUT2D eigenvalue weighted by atomic mass is 10.2. The van der Waals surface area contributed by atoms with Crippen LogP contribution in [0.1, 0.15) is 6.92 Å². The number of hydrogen-bond donors (Lipinski definition) is 0. The van der Waals surface area contributed by atoms with Crippen LogP contribution in [0.25, 0.3) is 26.9 Å². The van der Waals surface area contributed by atoms with Gasteiger partial charge in [-0.2, -0.15) is 9.61 Å². The average Bonchev–Trinajstić information content (AvgIpc) is 3.17. The van der Waals surface area contributed by atoms with Gasteiger partial charge in [0.1, 0.15) is 11.6 Å². The van der Waals surface area contributed by atoms with E-state index >= 15 is 0 Å². The fourth-order valence-electron chi connectivity index (χ4n) is 2.43. The minimum atomic E-state index is -0.288. The van der Waals surface area contributed by atoms with Crippen LogP contribution in [-0.2, 0) is 0 Å². The second kappa shape index (κ2) is 6.01. The summed E-state index contributed by atoms with van der Waals surface area (Å²) in [7, 11) is 0. The Morgan fingerprint density at radius 3 is 2.67 bits per heavy atom. The molecule has 0 aliphatic carbocycles. The Kier molecular flexibility index (Phi) is 3.70. The van der Waals surface area contributed by atoms with Crippen molar-refractivity contribution < 1.29 is 9.13 Å². The van der Waals surface area contributed by atoms with Crippen LogP contribution < -0.4 is 4.74 Å². The molecule has 0 aliphatic rings. The zero-order chi connectivity index (χ0) is 16.5. The summed E-state index contributed by atoms with van der Waals surface area (Å²) in [5.41, 5.74) is 1.68. The molecule has 2 aromatic carbocycles. The van der Waals surface area contributed by atoms with E-state index in [9.17, 15) is 4.39 Å². The highest BCUT2D eigenvalue weighted by molar-refractivity contribution is 7.19. The number of benzene rings is 2. The van der Waals surface area contributed by atoms with Crippen LogP contribution in [0.3, 0.4) is 0 Å². The normalized spacial score (nSPS) is 11.1. The third-order valence-corrected chi connectivity index (χ3v) is 4.44. The van der Waals surface area contributed by atoms with E-state index in [4.69, 9.17) is 4.74 Å². The van der Waals surface area contributed by atoms with Crippen molar-refractivity contribution in [2.24, 2.45) is 0 Å². The van der Waals surface area contributed by atoms with Crippen LogP contribution in [-0.4, -0.2) is 26.4 Å². The molecule has 0 saturated heterocycles. The van der Waals surface area contributed by atoms with Crippen molar-refractivity contribution in [3.05, 3.63) is 54.3 Å². The molecule has 0 N–H and O–H groups in total. The summed E-state index contributed by atoms with van der Waals surface area (Å²) in [5.74, 6) is 1.08. The zero-order valence-corrected chi connectivity index (χ0v) is 13.6. The maximum atomic E-state index is 13.1. The first-order valence-corrected chi connectivity index (χ1v) is 8.28. The van der Waals surface area contributed by atoms with E-state index < -0.39 is 0 Å². The smallest absolute Gasteiger partial charge is 0.235 e. The molecule has 0 atom stereocenters. The number of aromatic nitrogens is 4. The van der Waals surface area contributed by atoms with E-state index in [2.05, 4.69) is 15.3 Å². The van der Waals surface area contributed by atoms with Gasteiger partial charge < -0.3 is 4.74 Å². The number of ether oxygens (including phenoxy) is 1. The number of nitrogens with zero attached hydrogens (tertiary/aromatic N) is 4. The number of fused-ring (bicyclic) bond motifs is 1. The molecular formula is C17H13FN4OS. The van der Waals surface area contributed by atoms with Crippen molar-refractivity contribution in [1.29, 1.82) is 0 Å². The van der Waals surface area contributed by atoms with Crippen LogP contribution >= 0.6 is 11.3 Å². The monoisotopic (exact) mass is 340 g/mol. The molecule has 0 unspecified atom stereocenters. The van der Waals surface area contributed by atoms with Crippen molar-refractivity contribution in [3.63, 3.8) is 0 Å². The molecule has 7 heteroatoms. The Labute approximate surface area is 141 Å². The summed E-state index contributed by atoms with van der Waals surface area (Å²) in [6.45, 7) is 2.53. The number of hydrogen-bond acceptors (Lipinski definition) is 5. The first-order chi connectivity index (χ1) is 11.8. The van der Waals surface area contributed by atoms with Crippen molar-refractivity contribution in [2.75, 3.05) is 6.61 Å². The highest BCUT2D eigenvalue weighted by Crippen LogP contribution is 2.33. The molecule has 0 fully saturated rings. The standard InChI is InChI=1S/C17H13FN4OS/c1-2-23-14-6-4-3-5-13(14)16-21-22-15(19-20-17(22)24-16)11-7-9-12(18)10-8-11/h3-10H,2H2,1H3. The van der Waals surface area contributed by atoms with Crippen LogP contribution in [0.2, 0.25) is 0 Å². The maximum Gasteiger partial charge on any atom is 0.235 e. The fraction of sp³-hybridized carbons (Fsp3) is 0.118. The van der Waals surface area contributed by atoms with E-state index in [-0.39, 0.29) is 5.82 Å². The minimum Gasteiger partial charge on any atom is -0.493 e. The molecule has 2 aromatic heterocycles. The first kappa shape index (κ1) is 14.8. The lowest BCUT2D eigenvalue weighted by Crippen LogP contribution is -1.95. The van der Waals surface area contributed by atoms with E-state index in [1.54, 1.807) is 16.6 Å². The van der Waals surface area contributed by atoms with Gasteiger partial charge in [-0.3, -0.25) is 0 Å². The van der Waals surface area contributed by atoms with Gasteiger partial charge in [-0.15, -0.1) is 10.2 Å².